The summed E-state index contributed by atoms with van der Waals surface area (Å²) in [6.45, 7) is 6.55. The quantitative estimate of drug-likeness (QED) is 0.936. The van der Waals surface area contributed by atoms with E-state index in [-0.39, 0.29) is 0 Å². The lowest BCUT2D eigenvalue weighted by Gasteiger charge is -2.33. The molecular formula is C16H21N3S. The minimum Gasteiger partial charge on any atom is -0.314 e. The van der Waals surface area contributed by atoms with E-state index in [0.717, 1.165) is 32.6 Å². The molecule has 3 rings (SSSR count). The fourth-order valence-corrected chi connectivity index (χ4v) is 3.42. The van der Waals surface area contributed by atoms with Gasteiger partial charge in [-0.15, -0.1) is 11.3 Å². The van der Waals surface area contributed by atoms with Crippen molar-refractivity contribution in [3.8, 4) is 0 Å². The Morgan fingerprint density at radius 2 is 2.20 bits per heavy atom. The first-order valence-corrected chi connectivity index (χ1v) is 8.11. The molecule has 1 aromatic heterocycles. The first kappa shape index (κ1) is 13.7. The second-order valence-corrected chi connectivity index (χ2v) is 6.36. The lowest BCUT2D eigenvalue weighted by atomic mass is 10.2. The maximum Gasteiger partial charge on any atom is 0.0972 e. The zero-order valence-electron chi connectivity index (χ0n) is 11.9. The van der Waals surface area contributed by atoms with E-state index < -0.39 is 0 Å². The fourth-order valence-electron chi connectivity index (χ4n) is 2.60. The number of hydrogen-bond donors (Lipinski definition) is 1. The van der Waals surface area contributed by atoms with Gasteiger partial charge in [0.25, 0.3) is 0 Å². The number of nitrogens with one attached hydrogen (secondary N) is 1. The van der Waals surface area contributed by atoms with Gasteiger partial charge in [-0.2, -0.15) is 0 Å². The van der Waals surface area contributed by atoms with Gasteiger partial charge in [0.2, 0.25) is 0 Å². The Morgan fingerprint density at radius 1 is 1.35 bits per heavy atom. The van der Waals surface area contributed by atoms with E-state index in [2.05, 4.69) is 52.9 Å². The van der Waals surface area contributed by atoms with Gasteiger partial charge in [-0.25, -0.2) is 4.98 Å². The van der Waals surface area contributed by atoms with E-state index in [1.165, 1.54) is 16.3 Å². The van der Waals surface area contributed by atoms with Crippen LogP contribution in [0, 0.1) is 0 Å². The van der Waals surface area contributed by atoms with Crippen LogP contribution in [0.1, 0.15) is 23.2 Å². The Morgan fingerprint density at radius 3 is 3.00 bits per heavy atom. The van der Waals surface area contributed by atoms with E-state index in [4.69, 9.17) is 4.98 Å². The summed E-state index contributed by atoms with van der Waals surface area (Å²) in [5.41, 5.74) is 2.55. The fraction of sp³-hybridized carbons (Fsp3) is 0.438. The molecule has 0 unspecified atom stereocenters. The number of nitrogens with zero attached hydrogens (tertiary/aromatic N) is 2. The zero-order valence-corrected chi connectivity index (χ0v) is 12.7. The zero-order chi connectivity index (χ0) is 13.8. The molecule has 4 heteroatoms. The van der Waals surface area contributed by atoms with Crippen molar-refractivity contribution in [3.05, 3.63) is 52.0 Å². The van der Waals surface area contributed by atoms with E-state index in [9.17, 15) is 0 Å². The van der Waals surface area contributed by atoms with E-state index >= 15 is 0 Å². The van der Waals surface area contributed by atoms with Gasteiger partial charge in [-0.3, -0.25) is 4.90 Å². The van der Waals surface area contributed by atoms with E-state index in [1.807, 2.05) is 0 Å². The third-order valence-electron chi connectivity index (χ3n) is 3.80. The highest BCUT2D eigenvalue weighted by molar-refractivity contribution is 7.09. The van der Waals surface area contributed by atoms with Crippen LogP contribution < -0.4 is 5.32 Å². The molecule has 1 saturated heterocycles. The van der Waals surface area contributed by atoms with Gasteiger partial charge in [0.05, 0.1) is 10.7 Å². The first-order valence-electron chi connectivity index (χ1n) is 7.23. The van der Waals surface area contributed by atoms with Crippen LogP contribution in [-0.4, -0.2) is 35.6 Å². The predicted molar refractivity (Wildman–Crippen MR) is 84.1 cm³/mol. The van der Waals surface area contributed by atoms with Crippen molar-refractivity contribution in [2.75, 3.05) is 19.6 Å². The molecular weight excluding hydrogens is 266 g/mol. The number of hydrogen-bond acceptors (Lipinski definition) is 4. The molecule has 0 aliphatic carbocycles. The molecule has 1 aliphatic heterocycles. The second-order valence-electron chi connectivity index (χ2n) is 5.42. The van der Waals surface area contributed by atoms with Crippen molar-refractivity contribution < 1.29 is 0 Å². The Labute approximate surface area is 124 Å². The molecule has 0 bridgehead atoms. The number of aromatic nitrogens is 1. The highest BCUT2D eigenvalue weighted by Gasteiger charge is 2.18. The summed E-state index contributed by atoms with van der Waals surface area (Å²) in [6.07, 6.45) is 0.947. The molecule has 1 fully saturated rings. The van der Waals surface area contributed by atoms with Gasteiger partial charge < -0.3 is 5.32 Å². The van der Waals surface area contributed by atoms with Crippen LogP contribution >= 0.6 is 11.3 Å². The SMILES string of the molecule is C[C@H]1CNCCN1Cc1csc(Cc2ccccc2)n1. The van der Waals surface area contributed by atoms with Crippen LogP contribution in [0.3, 0.4) is 0 Å². The topological polar surface area (TPSA) is 28.2 Å². The maximum atomic E-state index is 4.79. The Kier molecular flexibility index (Phi) is 4.45. The summed E-state index contributed by atoms with van der Waals surface area (Å²) in [6, 6.07) is 11.2. The van der Waals surface area contributed by atoms with Gasteiger partial charge >= 0.3 is 0 Å². The number of rotatable bonds is 4. The van der Waals surface area contributed by atoms with Crippen LogP contribution in [0.4, 0.5) is 0 Å². The summed E-state index contributed by atoms with van der Waals surface area (Å²) < 4.78 is 0. The van der Waals surface area contributed by atoms with Gasteiger partial charge in [-0.1, -0.05) is 30.3 Å². The molecule has 20 heavy (non-hydrogen) atoms. The Hall–Kier alpha value is -1.23. The number of thiazole rings is 1. The standard InChI is InChI=1S/C16H21N3S/c1-13-10-17-7-8-19(13)11-15-12-20-16(18-15)9-14-5-3-2-4-6-14/h2-6,12-13,17H,7-11H2,1H3/t13-/m0/s1. The monoisotopic (exact) mass is 287 g/mol. The molecule has 1 N–H and O–H groups in total. The third-order valence-corrected chi connectivity index (χ3v) is 4.70. The Bertz CT molecular complexity index is 538. The molecule has 2 heterocycles. The first-order chi connectivity index (χ1) is 9.81. The van der Waals surface area contributed by atoms with Gasteiger partial charge in [0.15, 0.2) is 0 Å². The molecule has 0 amide bonds. The van der Waals surface area contributed by atoms with Crippen LogP contribution in [0.2, 0.25) is 0 Å². The second kappa shape index (κ2) is 6.48. The lowest BCUT2D eigenvalue weighted by Crippen LogP contribution is -2.49. The number of benzene rings is 1. The minimum atomic E-state index is 0.600. The molecule has 2 aromatic rings. The molecule has 106 valence electrons. The lowest BCUT2D eigenvalue weighted by molar-refractivity contribution is 0.164. The van der Waals surface area contributed by atoms with Crippen LogP contribution in [0.15, 0.2) is 35.7 Å². The molecule has 0 spiro atoms. The normalized spacial score (nSPS) is 20.1. The smallest absolute Gasteiger partial charge is 0.0972 e. The van der Waals surface area contributed by atoms with Crippen molar-refractivity contribution in [1.29, 1.82) is 0 Å². The molecule has 0 saturated carbocycles. The van der Waals surface area contributed by atoms with E-state index in [0.29, 0.717) is 6.04 Å². The van der Waals surface area contributed by atoms with Gasteiger partial charge in [0.1, 0.15) is 0 Å². The van der Waals surface area contributed by atoms with Gasteiger partial charge in [0, 0.05) is 44.0 Å². The number of piperazine rings is 1. The largest absolute Gasteiger partial charge is 0.314 e. The van der Waals surface area contributed by atoms with Crippen molar-refractivity contribution >= 4 is 11.3 Å². The Balaban J connectivity index is 1.62. The summed E-state index contributed by atoms with van der Waals surface area (Å²) in [5.74, 6) is 0. The molecule has 1 atom stereocenters. The molecule has 0 radical (unpaired) electrons. The molecule has 3 nitrogen and oxygen atoms in total. The summed E-state index contributed by atoms with van der Waals surface area (Å²) in [4.78, 5) is 7.30. The molecule has 1 aromatic carbocycles. The average Bonchev–Trinajstić information content (AvgIpc) is 2.90. The summed E-state index contributed by atoms with van der Waals surface area (Å²) >= 11 is 1.78. The van der Waals surface area contributed by atoms with Gasteiger partial charge in [-0.05, 0) is 12.5 Å². The third kappa shape index (κ3) is 3.45. The molecule has 1 aliphatic rings. The summed E-state index contributed by atoms with van der Waals surface area (Å²) in [7, 11) is 0. The predicted octanol–water partition coefficient (Wildman–Crippen LogP) is 2.53. The summed E-state index contributed by atoms with van der Waals surface area (Å²) in [5, 5.41) is 6.86. The van der Waals surface area contributed by atoms with Crippen molar-refractivity contribution in [1.82, 2.24) is 15.2 Å². The minimum absolute atomic E-state index is 0.600. The maximum absolute atomic E-state index is 4.79. The highest BCUT2D eigenvalue weighted by Crippen LogP contribution is 2.17. The van der Waals surface area contributed by atoms with Crippen molar-refractivity contribution in [2.45, 2.75) is 25.9 Å². The van der Waals surface area contributed by atoms with Crippen LogP contribution in [0.25, 0.3) is 0 Å². The van der Waals surface area contributed by atoms with Crippen molar-refractivity contribution in [2.24, 2.45) is 0 Å². The van der Waals surface area contributed by atoms with E-state index in [1.54, 1.807) is 11.3 Å². The average molecular weight is 287 g/mol. The highest BCUT2D eigenvalue weighted by atomic mass is 32.1. The van der Waals surface area contributed by atoms with Crippen LogP contribution in [0.5, 0.6) is 0 Å². The van der Waals surface area contributed by atoms with Crippen molar-refractivity contribution in [3.63, 3.8) is 0 Å². The van der Waals surface area contributed by atoms with Crippen LogP contribution in [-0.2, 0) is 13.0 Å².